The molecule has 0 aliphatic rings. The third-order valence-corrected chi connectivity index (χ3v) is 2.89. The Morgan fingerprint density at radius 2 is 1.89 bits per heavy atom. The Morgan fingerprint density at radius 3 is 2.39 bits per heavy atom. The molecule has 0 amide bonds. The average Bonchev–Trinajstić information content (AvgIpc) is 2.78. The van der Waals surface area contributed by atoms with E-state index in [-0.39, 0.29) is 11.5 Å². The summed E-state index contributed by atoms with van der Waals surface area (Å²) >= 11 is 0. The number of furan rings is 1. The largest absolute Gasteiger partial charge is 0.461 e. The van der Waals surface area contributed by atoms with Crippen LogP contribution in [0.25, 0.3) is 0 Å². The van der Waals surface area contributed by atoms with Gasteiger partial charge in [-0.1, -0.05) is 29.8 Å². The molecular formula is C15H13NO2. The summed E-state index contributed by atoms with van der Waals surface area (Å²) in [7, 11) is 0. The van der Waals surface area contributed by atoms with Gasteiger partial charge < -0.3 is 4.42 Å². The van der Waals surface area contributed by atoms with Crippen molar-refractivity contribution in [2.75, 3.05) is 0 Å². The summed E-state index contributed by atoms with van der Waals surface area (Å²) in [5, 5.41) is 9.20. The molecule has 3 heteroatoms. The van der Waals surface area contributed by atoms with Crippen molar-refractivity contribution in [2.24, 2.45) is 0 Å². The quantitative estimate of drug-likeness (QED) is 0.771. The van der Waals surface area contributed by atoms with Crippen LogP contribution in [0.1, 0.15) is 33.2 Å². The molecule has 2 rings (SSSR count). The summed E-state index contributed by atoms with van der Waals surface area (Å²) in [5.74, 6) is -0.832. The van der Waals surface area contributed by atoms with Crippen molar-refractivity contribution in [3.63, 3.8) is 0 Å². The van der Waals surface area contributed by atoms with Crippen molar-refractivity contribution in [3.8, 4) is 6.07 Å². The zero-order valence-corrected chi connectivity index (χ0v) is 10.3. The third kappa shape index (κ3) is 2.18. The van der Waals surface area contributed by atoms with Gasteiger partial charge in [0, 0.05) is 0 Å². The van der Waals surface area contributed by atoms with E-state index in [2.05, 4.69) is 0 Å². The van der Waals surface area contributed by atoms with E-state index in [0.29, 0.717) is 5.56 Å². The van der Waals surface area contributed by atoms with Crippen LogP contribution < -0.4 is 0 Å². The highest BCUT2D eigenvalue weighted by atomic mass is 16.3. The smallest absolute Gasteiger partial charge is 0.219 e. The van der Waals surface area contributed by atoms with Crippen LogP contribution in [-0.2, 0) is 0 Å². The lowest BCUT2D eigenvalue weighted by Crippen LogP contribution is -2.11. The minimum atomic E-state index is -0.810. The fourth-order valence-corrected chi connectivity index (χ4v) is 1.80. The molecule has 0 bridgehead atoms. The average molecular weight is 239 g/mol. The summed E-state index contributed by atoms with van der Waals surface area (Å²) in [6.45, 7) is 3.75. The summed E-state index contributed by atoms with van der Waals surface area (Å²) in [5.41, 5.74) is 2.55. The molecule has 0 aliphatic heterocycles. The van der Waals surface area contributed by atoms with Gasteiger partial charge in [-0.3, -0.25) is 4.79 Å². The van der Waals surface area contributed by atoms with Gasteiger partial charge in [0.2, 0.25) is 5.78 Å². The molecule has 0 fully saturated rings. The van der Waals surface area contributed by atoms with E-state index in [4.69, 9.17) is 4.42 Å². The van der Waals surface area contributed by atoms with Crippen LogP contribution in [0.5, 0.6) is 0 Å². The zero-order chi connectivity index (χ0) is 13.1. The molecule has 3 nitrogen and oxygen atoms in total. The first-order valence-electron chi connectivity index (χ1n) is 5.68. The topological polar surface area (TPSA) is 54.0 Å². The van der Waals surface area contributed by atoms with E-state index in [1.165, 1.54) is 6.26 Å². The number of nitriles is 1. The molecule has 18 heavy (non-hydrogen) atoms. The second kappa shape index (κ2) is 4.89. The molecule has 0 spiro atoms. The number of carbonyl (C=O) groups is 1. The second-order valence-corrected chi connectivity index (χ2v) is 4.27. The summed E-state index contributed by atoms with van der Waals surface area (Å²) in [4.78, 5) is 12.2. The Labute approximate surface area is 106 Å². The van der Waals surface area contributed by atoms with Crippen LogP contribution in [0.4, 0.5) is 0 Å². The van der Waals surface area contributed by atoms with Crippen molar-refractivity contribution >= 4 is 5.78 Å². The highest BCUT2D eigenvalue weighted by molar-refractivity contribution is 6.01. The Balaban J connectivity index is 2.36. The van der Waals surface area contributed by atoms with Crippen LogP contribution in [0.2, 0.25) is 0 Å². The molecule has 1 unspecified atom stereocenters. The van der Waals surface area contributed by atoms with Crippen LogP contribution in [-0.4, -0.2) is 5.78 Å². The zero-order valence-electron chi connectivity index (χ0n) is 10.3. The van der Waals surface area contributed by atoms with Gasteiger partial charge in [0.1, 0.15) is 5.92 Å². The normalized spacial score (nSPS) is 11.8. The summed E-state index contributed by atoms with van der Waals surface area (Å²) in [6.07, 6.45) is 1.46. The van der Waals surface area contributed by atoms with Crippen LogP contribution in [0, 0.1) is 25.2 Å². The number of hydrogen-bond acceptors (Lipinski definition) is 3. The highest BCUT2D eigenvalue weighted by Gasteiger charge is 2.25. The van der Waals surface area contributed by atoms with E-state index in [1.807, 2.05) is 25.1 Å². The maximum atomic E-state index is 12.2. The Bertz CT molecular complexity index is 602. The van der Waals surface area contributed by atoms with Crippen LogP contribution >= 0.6 is 0 Å². The van der Waals surface area contributed by atoms with Crippen molar-refractivity contribution < 1.29 is 9.21 Å². The molecule has 1 aromatic carbocycles. The van der Waals surface area contributed by atoms with Crippen molar-refractivity contribution in [3.05, 3.63) is 59.0 Å². The Kier molecular flexibility index (Phi) is 3.29. The molecule has 0 radical (unpaired) electrons. The van der Waals surface area contributed by atoms with E-state index < -0.39 is 5.92 Å². The van der Waals surface area contributed by atoms with Crippen molar-refractivity contribution in [1.29, 1.82) is 5.26 Å². The van der Waals surface area contributed by atoms with Gasteiger partial charge in [-0.2, -0.15) is 5.26 Å². The molecular weight excluding hydrogens is 226 g/mol. The van der Waals surface area contributed by atoms with Gasteiger partial charge >= 0.3 is 0 Å². The SMILES string of the molecule is Cc1ccc(C(C#N)C(=O)c2occc2C)cc1. The monoisotopic (exact) mass is 239 g/mol. The number of carbonyl (C=O) groups excluding carboxylic acids is 1. The molecule has 0 N–H and O–H groups in total. The molecule has 1 atom stereocenters. The molecule has 1 heterocycles. The van der Waals surface area contributed by atoms with Gasteiger partial charge in [0.25, 0.3) is 0 Å². The van der Waals surface area contributed by atoms with Crippen molar-refractivity contribution in [1.82, 2.24) is 0 Å². The molecule has 1 aromatic heterocycles. The summed E-state index contributed by atoms with van der Waals surface area (Å²) in [6, 6.07) is 11.2. The molecule has 90 valence electrons. The molecule has 0 aliphatic carbocycles. The maximum Gasteiger partial charge on any atom is 0.219 e. The lowest BCUT2D eigenvalue weighted by atomic mass is 9.93. The lowest BCUT2D eigenvalue weighted by molar-refractivity contribution is 0.0951. The Morgan fingerprint density at radius 1 is 1.22 bits per heavy atom. The maximum absolute atomic E-state index is 12.2. The number of aryl methyl sites for hydroxylation is 2. The number of rotatable bonds is 3. The van der Waals surface area contributed by atoms with E-state index in [9.17, 15) is 10.1 Å². The predicted molar refractivity (Wildman–Crippen MR) is 67.3 cm³/mol. The van der Waals surface area contributed by atoms with Crippen LogP contribution in [0.3, 0.4) is 0 Å². The highest BCUT2D eigenvalue weighted by Crippen LogP contribution is 2.23. The first kappa shape index (κ1) is 12.1. The first-order chi connectivity index (χ1) is 8.63. The first-order valence-corrected chi connectivity index (χ1v) is 5.68. The van der Waals surface area contributed by atoms with Gasteiger partial charge in [-0.25, -0.2) is 0 Å². The Hall–Kier alpha value is -2.34. The molecule has 2 aromatic rings. The number of Topliss-reactive ketones (excluding diaryl/α,β-unsaturated/α-hetero) is 1. The number of ketones is 1. The van der Waals surface area contributed by atoms with Crippen LogP contribution in [0.15, 0.2) is 41.0 Å². The van der Waals surface area contributed by atoms with Crippen molar-refractivity contribution in [2.45, 2.75) is 19.8 Å². The summed E-state index contributed by atoms with van der Waals surface area (Å²) < 4.78 is 5.15. The fourth-order valence-electron chi connectivity index (χ4n) is 1.80. The lowest BCUT2D eigenvalue weighted by Gasteiger charge is -2.07. The van der Waals surface area contributed by atoms with E-state index in [0.717, 1.165) is 11.1 Å². The van der Waals surface area contributed by atoms with E-state index in [1.54, 1.807) is 25.1 Å². The van der Waals surface area contributed by atoms with Gasteiger partial charge in [0.15, 0.2) is 5.76 Å². The van der Waals surface area contributed by atoms with Gasteiger partial charge in [-0.15, -0.1) is 0 Å². The van der Waals surface area contributed by atoms with E-state index >= 15 is 0 Å². The minimum Gasteiger partial charge on any atom is -0.461 e. The number of nitrogens with zero attached hydrogens (tertiary/aromatic N) is 1. The molecule has 0 saturated carbocycles. The molecule has 0 saturated heterocycles. The minimum absolute atomic E-state index is 0.266. The fraction of sp³-hybridized carbons (Fsp3) is 0.200. The predicted octanol–water partition coefficient (Wildman–Crippen LogP) is 3.39. The third-order valence-electron chi connectivity index (χ3n) is 2.89. The van der Waals surface area contributed by atoms with Gasteiger partial charge in [-0.05, 0) is 31.0 Å². The second-order valence-electron chi connectivity index (χ2n) is 4.27. The standard InChI is InChI=1S/C15H13NO2/c1-10-3-5-12(6-4-10)13(9-16)14(17)15-11(2)7-8-18-15/h3-8,13H,1-2H3. The number of benzene rings is 1. The van der Waals surface area contributed by atoms with Gasteiger partial charge in [0.05, 0.1) is 12.3 Å². The number of hydrogen-bond donors (Lipinski definition) is 0.